The molecule has 2 N–H and O–H groups in total. The fourth-order valence-corrected chi connectivity index (χ4v) is 3.15. The van der Waals surface area contributed by atoms with Crippen LogP contribution in [0.3, 0.4) is 0 Å². The van der Waals surface area contributed by atoms with E-state index < -0.39 is 0 Å². The molecule has 0 aliphatic carbocycles. The van der Waals surface area contributed by atoms with Crippen LogP contribution < -0.4 is 10.6 Å². The molecular formula is C21H27FN4O. The number of carbonyl (C=O) groups excluding carboxylic acids is 1. The lowest BCUT2D eigenvalue weighted by molar-refractivity contribution is 0.0950. The van der Waals surface area contributed by atoms with Crippen LogP contribution in [-0.2, 0) is 0 Å². The predicted molar refractivity (Wildman–Crippen MR) is 107 cm³/mol. The molecule has 0 unspecified atom stereocenters. The summed E-state index contributed by atoms with van der Waals surface area (Å²) in [5, 5.41) is 6.19. The number of nitrogens with zero attached hydrogens (tertiary/aromatic N) is 2. The Morgan fingerprint density at radius 1 is 1.04 bits per heavy atom. The third-order valence-electron chi connectivity index (χ3n) is 4.83. The lowest BCUT2D eigenvalue weighted by Gasteiger charge is -2.32. The molecule has 6 heteroatoms. The standard InChI is InChI=1S/C21H27FN4O/c1-25-13-15-26(16-14-25)12-4-11-23-21(27)19-5-2-3-6-20(19)24-18-9-7-17(22)8-10-18/h2-3,5-10,24H,4,11-16H2,1H3,(H,23,27). The van der Waals surface area contributed by atoms with E-state index in [0.717, 1.165) is 44.8 Å². The number of anilines is 2. The summed E-state index contributed by atoms with van der Waals surface area (Å²) in [6.45, 7) is 6.05. The van der Waals surface area contributed by atoms with Gasteiger partial charge in [-0.25, -0.2) is 4.39 Å². The number of piperazine rings is 1. The molecule has 3 rings (SSSR count). The van der Waals surface area contributed by atoms with E-state index in [0.29, 0.717) is 17.8 Å². The molecule has 1 amide bonds. The van der Waals surface area contributed by atoms with E-state index >= 15 is 0 Å². The molecule has 0 bridgehead atoms. The van der Waals surface area contributed by atoms with Crippen LogP contribution in [0.5, 0.6) is 0 Å². The summed E-state index contributed by atoms with van der Waals surface area (Å²) in [5.41, 5.74) is 2.04. The third kappa shape index (κ3) is 5.77. The van der Waals surface area contributed by atoms with Gasteiger partial charge in [0.15, 0.2) is 0 Å². The Kier molecular flexibility index (Phi) is 6.79. The van der Waals surface area contributed by atoms with E-state index in [4.69, 9.17) is 0 Å². The molecule has 0 aromatic heterocycles. The van der Waals surface area contributed by atoms with Gasteiger partial charge in [-0.2, -0.15) is 0 Å². The van der Waals surface area contributed by atoms with E-state index in [-0.39, 0.29) is 11.7 Å². The molecule has 2 aromatic rings. The molecule has 1 aliphatic rings. The lowest BCUT2D eigenvalue weighted by Crippen LogP contribution is -2.45. The van der Waals surface area contributed by atoms with Gasteiger partial charge >= 0.3 is 0 Å². The molecule has 2 aromatic carbocycles. The van der Waals surface area contributed by atoms with Crippen LogP contribution in [0.2, 0.25) is 0 Å². The van der Waals surface area contributed by atoms with Gasteiger partial charge in [0, 0.05) is 38.4 Å². The van der Waals surface area contributed by atoms with Crippen molar-refractivity contribution in [2.75, 3.05) is 51.6 Å². The summed E-state index contributed by atoms with van der Waals surface area (Å²) in [6.07, 6.45) is 0.934. The van der Waals surface area contributed by atoms with Crippen molar-refractivity contribution in [2.45, 2.75) is 6.42 Å². The molecule has 1 heterocycles. The minimum atomic E-state index is -0.285. The van der Waals surface area contributed by atoms with Crippen LogP contribution in [0, 0.1) is 5.82 Å². The second-order valence-corrected chi connectivity index (χ2v) is 6.93. The average Bonchev–Trinajstić information content (AvgIpc) is 2.69. The van der Waals surface area contributed by atoms with Crippen molar-refractivity contribution >= 4 is 17.3 Å². The number of nitrogens with one attached hydrogen (secondary N) is 2. The minimum Gasteiger partial charge on any atom is -0.355 e. The van der Waals surface area contributed by atoms with Gasteiger partial charge in [-0.3, -0.25) is 4.79 Å². The van der Waals surface area contributed by atoms with Crippen molar-refractivity contribution in [3.05, 3.63) is 59.9 Å². The van der Waals surface area contributed by atoms with Gasteiger partial charge in [0.05, 0.1) is 11.3 Å². The topological polar surface area (TPSA) is 47.6 Å². The van der Waals surface area contributed by atoms with Crippen molar-refractivity contribution in [3.63, 3.8) is 0 Å². The quantitative estimate of drug-likeness (QED) is 0.736. The van der Waals surface area contributed by atoms with Crippen LogP contribution in [0.25, 0.3) is 0 Å². The zero-order valence-electron chi connectivity index (χ0n) is 15.7. The molecule has 1 fully saturated rings. The summed E-state index contributed by atoms with van der Waals surface area (Å²) < 4.78 is 13.1. The number of hydrogen-bond acceptors (Lipinski definition) is 4. The van der Waals surface area contributed by atoms with Gasteiger partial charge in [-0.05, 0) is 56.4 Å². The van der Waals surface area contributed by atoms with E-state index in [1.807, 2.05) is 18.2 Å². The molecule has 1 saturated heterocycles. The van der Waals surface area contributed by atoms with Gasteiger partial charge < -0.3 is 20.4 Å². The van der Waals surface area contributed by atoms with Crippen LogP contribution >= 0.6 is 0 Å². The Morgan fingerprint density at radius 2 is 1.74 bits per heavy atom. The Hall–Kier alpha value is -2.44. The van der Waals surface area contributed by atoms with Crippen LogP contribution in [0.1, 0.15) is 16.8 Å². The highest BCUT2D eigenvalue weighted by atomic mass is 19.1. The molecule has 0 spiro atoms. The molecule has 1 aliphatic heterocycles. The van der Waals surface area contributed by atoms with E-state index in [1.54, 1.807) is 18.2 Å². The van der Waals surface area contributed by atoms with Crippen molar-refractivity contribution in [1.29, 1.82) is 0 Å². The molecule has 0 radical (unpaired) electrons. The van der Waals surface area contributed by atoms with Gasteiger partial charge in [0.1, 0.15) is 5.82 Å². The van der Waals surface area contributed by atoms with Crippen LogP contribution in [0.4, 0.5) is 15.8 Å². The SMILES string of the molecule is CN1CCN(CCCNC(=O)c2ccccc2Nc2ccc(F)cc2)CC1. The second-order valence-electron chi connectivity index (χ2n) is 6.93. The monoisotopic (exact) mass is 370 g/mol. The normalized spacial score (nSPS) is 15.5. The Labute approximate surface area is 160 Å². The highest BCUT2D eigenvalue weighted by Gasteiger charge is 2.14. The molecule has 27 heavy (non-hydrogen) atoms. The molecule has 5 nitrogen and oxygen atoms in total. The second kappa shape index (κ2) is 9.48. The predicted octanol–water partition coefficient (Wildman–Crippen LogP) is 2.94. The number of benzene rings is 2. The van der Waals surface area contributed by atoms with Gasteiger partial charge in [0.25, 0.3) is 5.91 Å². The summed E-state index contributed by atoms with van der Waals surface area (Å²) in [7, 11) is 2.15. The number of para-hydroxylation sites is 1. The molecular weight excluding hydrogens is 343 g/mol. The first-order valence-electron chi connectivity index (χ1n) is 9.42. The summed E-state index contributed by atoms with van der Waals surface area (Å²) in [5.74, 6) is -0.384. The average molecular weight is 370 g/mol. The number of hydrogen-bond donors (Lipinski definition) is 2. The van der Waals surface area contributed by atoms with Crippen LogP contribution in [0.15, 0.2) is 48.5 Å². The summed E-state index contributed by atoms with van der Waals surface area (Å²) >= 11 is 0. The maximum absolute atomic E-state index is 13.1. The van der Waals surface area contributed by atoms with E-state index in [9.17, 15) is 9.18 Å². The van der Waals surface area contributed by atoms with Gasteiger partial charge in [-0.15, -0.1) is 0 Å². The molecule has 0 atom stereocenters. The number of amides is 1. The molecule has 0 saturated carbocycles. The first-order chi connectivity index (χ1) is 13.1. The zero-order chi connectivity index (χ0) is 19.1. The Morgan fingerprint density at radius 3 is 2.48 bits per heavy atom. The van der Waals surface area contributed by atoms with Crippen LogP contribution in [-0.4, -0.2) is 62.0 Å². The van der Waals surface area contributed by atoms with Crippen molar-refractivity contribution in [2.24, 2.45) is 0 Å². The van der Waals surface area contributed by atoms with Crippen molar-refractivity contribution in [1.82, 2.24) is 15.1 Å². The van der Waals surface area contributed by atoms with Gasteiger partial charge in [0.2, 0.25) is 0 Å². The van der Waals surface area contributed by atoms with E-state index in [1.165, 1.54) is 12.1 Å². The summed E-state index contributed by atoms with van der Waals surface area (Å²) in [4.78, 5) is 17.3. The number of carbonyl (C=O) groups is 1. The zero-order valence-corrected chi connectivity index (χ0v) is 15.7. The highest BCUT2D eigenvalue weighted by Crippen LogP contribution is 2.21. The fourth-order valence-electron chi connectivity index (χ4n) is 3.15. The number of rotatable bonds is 7. The first kappa shape index (κ1) is 19.3. The van der Waals surface area contributed by atoms with Crippen molar-refractivity contribution < 1.29 is 9.18 Å². The van der Waals surface area contributed by atoms with E-state index in [2.05, 4.69) is 27.5 Å². The summed E-state index contributed by atoms with van der Waals surface area (Å²) in [6, 6.07) is 13.4. The maximum Gasteiger partial charge on any atom is 0.253 e. The largest absolute Gasteiger partial charge is 0.355 e. The van der Waals surface area contributed by atoms with Gasteiger partial charge in [-0.1, -0.05) is 12.1 Å². The first-order valence-corrected chi connectivity index (χ1v) is 9.42. The number of halogens is 1. The highest BCUT2D eigenvalue weighted by molar-refractivity contribution is 6.00. The minimum absolute atomic E-state index is 0.0985. The maximum atomic E-state index is 13.1. The smallest absolute Gasteiger partial charge is 0.253 e. The fraction of sp³-hybridized carbons (Fsp3) is 0.381. The third-order valence-corrected chi connectivity index (χ3v) is 4.83. The lowest BCUT2D eigenvalue weighted by atomic mass is 10.1. The number of likely N-dealkylation sites (N-methyl/N-ethyl adjacent to an activating group) is 1. The molecule has 144 valence electrons. The Bertz CT molecular complexity index is 742. The van der Waals surface area contributed by atoms with Crippen molar-refractivity contribution in [3.8, 4) is 0 Å². The Balaban J connectivity index is 1.50.